The molecule has 4 nitrogen and oxygen atoms in total. The number of hydrogen-bond acceptors (Lipinski definition) is 4. The van der Waals surface area contributed by atoms with Crippen molar-refractivity contribution >= 4 is 23.2 Å². The van der Waals surface area contributed by atoms with Crippen LogP contribution in [0.25, 0.3) is 0 Å². The summed E-state index contributed by atoms with van der Waals surface area (Å²) in [6, 6.07) is 6.85. The molecule has 0 aliphatic carbocycles. The number of thiocarbonyl (C=S) groups is 1. The zero-order valence-electron chi connectivity index (χ0n) is 8.23. The molecule has 2 N–H and O–H groups in total. The van der Waals surface area contributed by atoms with Crippen molar-refractivity contribution < 1.29 is 14.3 Å². The average Bonchev–Trinajstić information content (AvgIpc) is 2.26. The first-order valence-corrected chi connectivity index (χ1v) is 4.64. The minimum absolute atomic E-state index is 0.108. The fourth-order valence-electron chi connectivity index (χ4n) is 0.917. The summed E-state index contributed by atoms with van der Waals surface area (Å²) < 4.78 is 9.56. The molecule has 0 spiro atoms. The van der Waals surface area contributed by atoms with Crippen LogP contribution in [0.3, 0.4) is 0 Å². The Labute approximate surface area is 93.0 Å². The van der Waals surface area contributed by atoms with E-state index in [0.29, 0.717) is 10.7 Å². The molecule has 0 saturated heterocycles. The predicted octanol–water partition coefficient (Wildman–Crippen LogP) is 0.873. The second-order valence-electron chi connectivity index (χ2n) is 2.75. The standard InChI is InChI=1S/C10H11NO3S/c1-13-9(12)6-14-8-4-2-7(3-5-8)10(11)15/h2-5H,6H2,1H3,(H2,11,15). The molecule has 1 rings (SSSR count). The van der Waals surface area contributed by atoms with E-state index in [-0.39, 0.29) is 6.61 Å². The number of rotatable bonds is 4. The molecule has 15 heavy (non-hydrogen) atoms. The molecular weight excluding hydrogens is 214 g/mol. The SMILES string of the molecule is COC(=O)COc1ccc(C(N)=S)cc1. The fraction of sp³-hybridized carbons (Fsp3) is 0.200. The summed E-state index contributed by atoms with van der Waals surface area (Å²) >= 11 is 4.79. The van der Waals surface area contributed by atoms with Crippen LogP contribution in [0.1, 0.15) is 5.56 Å². The minimum Gasteiger partial charge on any atom is -0.482 e. The van der Waals surface area contributed by atoms with E-state index >= 15 is 0 Å². The fourth-order valence-corrected chi connectivity index (χ4v) is 1.05. The van der Waals surface area contributed by atoms with Gasteiger partial charge in [0, 0.05) is 5.56 Å². The van der Waals surface area contributed by atoms with Gasteiger partial charge in [0.05, 0.1) is 7.11 Å². The van der Waals surface area contributed by atoms with Crippen LogP contribution in [-0.4, -0.2) is 24.7 Å². The van der Waals surface area contributed by atoms with E-state index < -0.39 is 5.97 Å². The topological polar surface area (TPSA) is 61.5 Å². The van der Waals surface area contributed by atoms with Gasteiger partial charge in [0.1, 0.15) is 10.7 Å². The number of benzene rings is 1. The van der Waals surface area contributed by atoms with E-state index in [0.717, 1.165) is 5.56 Å². The molecule has 0 amide bonds. The van der Waals surface area contributed by atoms with Crippen LogP contribution in [0.5, 0.6) is 5.75 Å². The number of hydrogen-bond donors (Lipinski definition) is 1. The van der Waals surface area contributed by atoms with E-state index in [9.17, 15) is 4.79 Å². The molecule has 80 valence electrons. The maximum Gasteiger partial charge on any atom is 0.343 e. The Bertz CT molecular complexity index is 361. The number of methoxy groups -OCH3 is 1. The number of carbonyl (C=O) groups is 1. The lowest BCUT2D eigenvalue weighted by Gasteiger charge is -2.05. The summed E-state index contributed by atoms with van der Waals surface area (Å²) in [6.45, 7) is -0.108. The van der Waals surface area contributed by atoms with E-state index in [1.165, 1.54) is 7.11 Å². The zero-order valence-corrected chi connectivity index (χ0v) is 9.04. The number of carbonyl (C=O) groups excluding carboxylic acids is 1. The molecule has 0 aromatic heterocycles. The van der Waals surface area contributed by atoms with Gasteiger partial charge in [0.2, 0.25) is 0 Å². The summed E-state index contributed by atoms with van der Waals surface area (Å²) in [5, 5.41) is 0. The molecule has 1 aromatic rings. The van der Waals surface area contributed by atoms with Gasteiger partial charge in [-0.2, -0.15) is 0 Å². The van der Waals surface area contributed by atoms with Gasteiger partial charge < -0.3 is 15.2 Å². The first kappa shape index (κ1) is 11.5. The Hall–Kier alpha value is -1.62. The van der Waals surface area contributed by atoms with Crippen LogP contribution < -0.4 is 10.5 Å². The molecule has 0 radical (unpaired) electrons. The molecule has 5 heteroatoms. The lowest BCUT2D eigenvalue weighted by molar-refractivity contribution is -0.142. The third kappa shape index (κ3) is 3.55. The summed E-state index contributed by atoms with van der Waals surface area (Å²) in [5.41, 5.74) is 6.18. The molecule has 0 unspecified atom stereocenters. The van der Waals surface area contributed by atoms with Gasteiger partial charge in [0.25, 0.3) is 0 Å². The maximum absolute atomic E-state index is 10.8. The first-order valence-electron chi connectivity index (χ1n) is 4.23. The summed E-state index contributed by atoms with van der Waals surface area (Å²) in [4.78, 5) is 11.1. The number of esters is 1. The van der Waals surface area contributed by atoms with E-state index in [2.05, 4.69) is 4.74 Å². The molecular formula is C10H11NO3S. The van der Waals surface area contributed by atoms with Gasteiger partial charge in [-0.1, -0.05) is 12.2 Å². The van der Waals surface area contributed by atoms with Crippen LogP contribution in [0.4, 0.5) is 0 Å². The van der Waals surface area contributed by atoms with Gasteiger partial charge in [-0.25, -0.2) is 4.79 Å². The monoisotopic (exact) mass is 225 g/mol. The van der Waals surface area contributed by atoms with Crippen molar-refractivity contribution in [2.24, 2.45) is 5.73 Å². The van der Waals surface area contributed by atoms with Crippen molar-refractivity contribution in [1.82, 2.24) is 0 Å². The highest BCUT2D eigenvalue weighted by molar-refractivity contribution is 7.80. The van der Waals surface area contributed by atoms with Gasteiger partial charge in [-0.3, -0.25) is 0 Å². The highest BCUT2D eigenvalue weighted by Crippen LogP contribution is 2.11. The van der Waals surface area contributed by atoms with E-state index in [4.69, 9.17) is 22.7 Å². The maximum atomic E-state index is 10.8. The predicted molar refractivity (Wildman–Crippen MR) is 59.8 cm³/mol. The first-order chi connectivity index (χ1) is 7.13. The van der Waals surface area contributed by atoms with Crippen molar-refractivity contribution in [2.45, 2.75) is 0 Å². The third-order valence-electron chi connectivity index (χ3n) is 1.72. The highest BCUT2D eigenvalue weighted by atomic mass is 32.1. The second kappa shape index (κ2) is 5.31. The second-order valence-corrected chi connectivity index (χ2v) is 3.19. The van der Waals surface area contributed by atoms with Crippen LogP contribution in [0, 0.1) is 0 Å². The molecule has 1 aromatic carbocycles. The lowest BCUT2D eigenvalue weighted by atomic mass is 10.2. The Morgan fingerprint density at radius 3 is 2.47 bits per heavy atom. The normalized spacial score (nSPS) is 9.40. The molecule has 0 saturated carbocycles. The van der Waals surface area contributed by atoms with Crippen LogP contribution in [0.2, 0.25) is 0 Å². The average molecular weight is 225 g/mol. The van der Waals surface area contributed by atoms with Crippen LogP contribution >= 0.6 is 12.2 Å². The van der Waals surface area contributed by atoms with E-state index in [1.807, 2.05) is 0 Å². The molecule has 0 aliphatic heterocycles. The Morgan fingerprint density at radius 2 is 2.00 bits per heavy atom. The van der Waals surface area contributed by atoms with Gasteiger partial charge in [-0.05, 0) is 24.3 Å². The molecule has 0 heterocycles. The lowest BCUT2D eigenvalue weighted by Crippen LogP contribution is -2.13. The quantitative estimate of drug-likeness (QED) is 0.608. The molecule has 0 fully saturated rings. The number of nitrogens with two attached hydrogens (primary N) is 1. The number of ether oxygens (including phenoxy) is 2. The summed E-state index contributed by atoms with van der Waals surface area (Å²) in [7, 11) is 1.31. The van der Waals surface area contributed by atoms with Crippen LogP contribution in [0.15, 0.2) is 24.3 Å². The van der Waals surface area contributed by atoms with E-state index in [1.54, 1.807) is 24.3 Å². The largest absolute Gasteiger partial charge is 0.482 e. The highest BCUT2D eigenvalue weighted by Gasteiger charge is 2.02. The van der Waals surface area contributed by atoms with Crippen LogP contribution in [-0.2, 0) is 9.53 Å². The Balaban J connectivity index is 2.57. The van der Waals surface area contributed by atoms with Crippen molar-refractivity contribution in [3.05, 3.63) is 29.8 Å². The molecule has 0 aliphatic rings. The van der Waals surface area contributed by atoms with Gasteiger partial charge in [0.15, 0.2) is 6.61 Å². The van der Waals surface area contributed by atoms with Crippen molar-refractivity contribution in [3.8, 4) is 5.75 Å². The Morgan fingerprint density at radius 1 is 1.40 bits per heavy atom. The zero-order chi connectivity index (χ0) is 11.3. The van der Waals surface area contributed by atoms with Crippen molar-refractivity contribution in [3.63, 3.8) is 0 Å². The third-order valence-corrected chi connectivity index (χ3v) is 1.96. The van der Waals surface area contributed by atoms with Gasteiger partial charge in [-0.15, -0.1) is 0 Å². The summed E-state index contributed by atoms with van der Waals surface area (Å²) in [5.74, 6) is 0.147. The summed E-state index contributed by atoms with van der Waals surface area (Å²) in [6.07, 6.45) is 0. The van der Waals surface area contributed by atoms with Gasteiger partial charge >= 0.3 is 5.97 Å². The minimum atomic E-state index is -0.423. The molecule has 0 atom stereocenters. The smallest absolute Gasteiger partial charge is 0.343 e. The van der Waals surface area contributed by atoms with Crippen molar-refractivity contribution in [1.29, 1.82) is 0 Å². The van der Waals surface area contributed by atoms with Crippen molar-refractivity contribution in [2.75, 3.05) is 13.7 Å². The Kier molecular flexibility index (Phi) is 4.05. The molecule has 0 bridgehead atoms.